The van der Waals surface area contributed by atoms with E-state index >= 15 is 0 Å². The molecule has 0 spiro atoms. The van der Waals surface area contributed by atoms with Crippen molar-refractivity contribution in [2.45, 2.75) is 18.7 Å². The molecule has 3 aromatic rings. The quantitative estimate of drug-likeness (QED) is 0.502. The van der Waals surface area contributed by atoms with Gasteiger partial charge in [0, 0.05) is 48.2 Å². The molecule has 3 aromatic heterocycles. The van der Waals surface area contributed by atoms with E-state index in [1.165, 1.54) is 0 Å². The Morgan fingerprint density at radius 1 is 1.41 bits per heavy atom. The van der Waals surface area contributed by atoms with Crippen LogP contribution in [0.4, 0.5) is 5.95 Å². The molecule has 3 rings (SSSR count). The monoisotopic (exact) mass is 405 g/mol. The van der Waals surface area contributed by atoms with Crippen LogP contribution in [-0.4, -0.2) is 46.2 Å². The second-order valence-corrected chi connectivity index (χ2v) is 8.34. The number of hydrogen-bond donors (Lipinski definition) is 2. The topological polar surface area (TPSA) is 87.1 Å². The zero-order chi connectivity index (χ0) is 19.1. The summed E-state index contributed by atoms with van der Waals surface area (Å²) in [5, 5.41) is 6.42. The maximum Gasteiger partial charge on any atom is 0.255 e. The number of nitrogens with one attached hydrogen (secondary N) is 2. The molecule has 3 heterocycles. The molecule has 27 heavy (non-hydrogen) atoms. The number of rotatable bonds is 10. The van der Waals surface area contributed by atoms with Gasteiger partial charge in [-0.15, -0.1) is 11.3 Å². The molecular formula is C18H23N5O2S2. The van der Waals surface area contributed by atoms with Crippen molar-refractivity contribution in [3.8, 4) is 0 Å². The van der Waals surface area contributed by atoms with Crippen LogP contribution in [0, 0.1) is 0 Å². The molecule has 0 fully saturated rings. The number of anilines is 1. The van der Waals surface area contributed by atoms with Crippen molar-refractivity contribution in [2.75, 3.05) is 31.7 Å². The lowest BCUT2D eigenvalue weighted by atomic mass is 10.2. The summed E-state index contributed by atoms with van der Waals surface area (Å²) >= 11 is 3.51. The molecule has 0 radical (unpaired) electrons. The van der Waals surface area contributed by atoms with Gasteiger partial charge in [0.15, 0.2) is 0 Å². The van der Waals surface area contributed by atoms with Gasteiger partial charge in [-0.05, 0) is 26.2 Å². The largest absolute Gasteiger partial charge is 0.469 e. The molecule has 0 aliphatic rings. The highest BCUT2D eigenvalue weighted by Gasteiger charge is 2.06. The first-order valence-corrected chi connectivity index (χ1v) is 10.6. The third-order valence-corrected chi connectivity index (χ3v) is 5.53. The van der Waals surface area contributed by atoms with Crippen LogP contribution in [0.2, 0.25) is 0 Å². The molecule has 0 aliphatic heterocycles. The maximum absolute atomic E-state index is 12.1. The zero-order valence-corrected chi connectivity index (χ0v) is 17.0. The number of aromatic amines is 1. The summed E-state index contributed by atoms with van der Waals surface area (Å²) in [6.07, 6.45) is 3.63. The Morgan fingerprint density at radius 3 is 3.04 bits per heavy atom. The van der Waals surface area contributed by atoms with Gasteiger partial charge < -0.3 is 14.6 Å². The lowest BCUT2D eigenvalue weighted by Crippen LogP contribution is -2.18. The first-order chi connectivity index (χ1) is 13.1. The average molecular weight is 406 g/mol. The lowest BCUT2D eigenvalue weighted by molar-refractivity contribution is 0.401. The Hall–Kier alpha value is -2.10. The van der Waals surface area contributed by atoms with E-state index in [0.29, 0.717) is 17.9 Å². The van der Waals surface area contributed by atoms with E-state index < -0.39 is 0 Å². The number of hydrogen-bond acceptors (Lipinski definition) is 8. The predicted molar refractivity (Wildman–Crippen MR) is 111 cm³/mol. The van der Waals surface area contributed by atoms with Crippen molar-refractivity contribution in [3.63, 3.8) is 0 Å². The number of thioether (sulfide) groups is 1. The molecule has 9 heteroatoms. The second kappa shape index (κ2) is 9.72. The van der Waals surface area contributed by atoms with Crippen molar-refractivity contribution in [2.24, 2.45) is 0 Å². The highest BCUT2D eigenvalue weighted by atomic mass is 32.2. The molecule has 144 valence electrons. The minimum atomic E-state index is -0.146. The fourth-order valence-electron chi connectivity index (χ4n) is 2.41. The Balaban J connectivity index is 1.39. The fraction of sp³-hybridized carbons (Fsp3) is 0.389. The number of nitrogens with zero attached hydrogens (tertiary/aromatic N) is 3. The molecule has 0 aliphatic carbocycles. The SMILES string of the molecule is CN(C)Cc1nc(CSCCNc2ncc(Cc3ccco3)c(=O)[nH]2)cs1. The van der Waals surface area contributed by atoms with Crippen molar-refractivity contribution in [3.05, 3.63) is 62.4 Å². The van der Waals surface area contributed by atoms with E-state index in [1.54, 1.807) is 41.6 Å². The van der Waals surface area contributed by atoms with E-state index in [-0.39, 0.29) is 5.56 Å². The molecule has 0 amide bonds. The van der Waals surface area contributed by atoms with Crippen LogP contribution in [0.1, 0.15) is 22.0 Å². The van der Waals surface area contributed by atoms with Crippen LogP contribution in [0.3, 0.4) is 0 Å². The van der Waals surface area contributed by atoms with Crippen LogP contribution in [0.15, 0.2) is 39.2 Å². The third kappa shape index (κ3) is 6.23. The van der Waals surface area contributed by atoms with Crippen LogP contribution in [0.5, 0.6) is 0 Å². The Kier molecular flexibility index (Phi) is 7.08. The number of thiazole rings is 1. The smallest absolute Gasteiger partial charge is 0.255 e. The molecular weight excluding hydrogens is 382 g/mol. The Morgan fingerprint density at radius 2 is 2.30 bits per heavy atom. The molecule has 0 atom stereocenters. The summed E-state index contributed by atoms with van der Waals surface area (Å²) in [6, 6.07) is 3.65. The lowest BCUT2D eigenvalue weighted by Gasteiger charge is -2.06. The first-order valence-electron chi connectivity index (χ1n) is 8.60. The summed E-state index contributed by atoms with van der Waals surface area (Å²) in [5.74, 6) is 3.02. The van der Waals surface area contributed by atoms with Crippen LogP contribution >= 0.6 is 23.1 Å². The van der Waals surface area contributed by atoms with Gasteiger partial charge in [-0.1, -0.05) is 0 Å². The second-order valence-electron chi connectivity index (χ2n) is 6.29. The van der Waals surface area contributed by atoms with Gasteiger partial charge in [0.2, 0.25) is 5.95 Å². The van der Waals surface area contributed by atoms with Gasteiger partial charge in [0.1, 0.15) is 10.8 Å². The van der Waals surface area contributed by atoms with Gasteiger partial charge >= 0.3 is 0 Å². The molecule has 0 saturated carbocycles. The summed E-state index contributed by atoms with van der Waals surface area (Å²) in [6.45, 7) is 1.60. The predicted octanol–water partition coefficient (Wildman–Crippen LogP) is 2.82. The summed E-state index contributed by atoms with van der Waals surface area (Å²) in [5.41, 5.74) is 1.56. The summed E-state index contributed by atoms with van der Waals surface area (Å²) in [4.78, 5) is 25.9. The van der Waals surface area contributed by atoms with E-state index in [4.69, 9.17) is 4.42 Å². The number of furan rings is 1. The van der Waals surface area contributed by atoms with Gasteiger partial charge in [-0.25, -0.2) is 9.97 Å². The van der Waals surface area contributed by atoms with Crippen LogP contribution in [0.25, 0.3) is 0 Å². The Labute approximate surface area is 166 Å². The highest BCUT2D eigenvalue weighted by molar-refractivity contribution is 7.98. The minimum Gasteiger partial charge on any atom is -0.469 e. The molecule has 7 nitrogen and oxygen atoms in total. The Bertz CT molecular complexity index is 889. The average Bonchev–Trinajstić information content (AvgIpc) is 3.28. The van der Waals surface area contributed by atoms with E-state index in [2.05, 4.69) is 30.5 Å². The molecule has 2 N–H and O–H groups in total. The molecule has 0 unspecified atom stereocenters. The van der Waals surface area contributed by atoms with Crippen molar-refractivity contribution in [1.29, 1.82) is 0 Å². The maximum atomic E-state index is 12.1. The first kappa shape index (κ1) is 19.7. The molecule has 0 aromatic carbocycles. The zero-order valence-electron chi connectivity index (χ0n) is 15.4. The van der Waals surface area contributed by atoms with Crippen molar-refractivity contribution in [1.82, 2.24) is 19.9 Å². The van der Waals surface area contributed by atoms with Crippen LogP contribution in [-0.2, 0) is 18.7 Å². The van der Waals surface area contributed by atoms with Crippen molar-refractivity contribution < 1.29 is 4.42 Å². The van der Waals surface area contributed by atoms with E-state index in [9.17, 15) is 4.79 Å². The minimum absolute atomic E-state index is 0.146. The van der Waals surface area contributed by atoms with E-state index in [0.717, 1.165) is 41.1 Å². The molecule has 0 bridgehead atoms. The highest BCUT2D eigenvalue weighted by Crippen LogP contribution is 2.16. The third-order valence-electron chi connectivity index (χ3n) is 3.66. The van der Waals surface area contributed by atoms with E-state index in [1.807, 2.05) is 20.2 Å². The fourth-order valence-corrected chi connectivity index (χ4v) is 4.18. The number of aromatic nitrogens is 3. The van der Waals surface area contributed by atoms with Crippen molar-refractivity contribution >= 4 is 29.0 Å². The summed E-state index contributed by atoms with van der Waals surface area (Å²) < 4.78 is 5.27. The summed E-state index contributed by atoms with van der Waals surface area (Å²) in [7, 11) is 4.09. The normalized spacial score (nSPS) is 11.2. The van der Waals surface area contributed by atoms with Gasteiger partial charge in [-0.2, -0.15) is 11.8 Å². The standard InChI is InChI=1S/C18H23N5O2S2/c1-23(2)10-16-21-14(12-27-16)11-26-7-5-19-18-20-9-13(17(24)22-18)8-15-4-3-6-25-15/h3-4,6,9,12H,5,7-8,10-11H2,1-2H3,(H2,19,20,22,24). The van der Waals surface area contributed by atoms with Crippen LogP contribution < -0.4 is 10.9 Å². The van der Waals surface area contributed by atoms with Gasteiger partial charge in [0.05, 0.1) is 12.0 Å². The van der Waals surface area contributed by atoms with Gasteiger partial charge in [0.25, 0.3) is 5.56 Å². The van der Waals surface area contributed by atoms with Gasteiger partial charge in [-0.3, -0.25) is 9.78 Å². The number of H-pyrrole nitrogens is 1. The molecule has 0 saturated heterocycles.